The first kappa shape index (κ1) is 15.1. The Morgan fingerprint density at radius 2 is 1.95 bits per heavy atom. The van der Waals surface area contributed by atoms with E-state index in [4.69, 9.17) is 10.5 Å². The standard InChI is InChI=1S/C18H21NO2/c1-12(2)11-21-16-7-8-17(13(3)9-16)18(20)14-5-4-6-15(19)10-14/h4-10,12H,11,19H2,1-3H3. The fourth-order valence-electron chi connectivity index (χ4n) is 2.08. The van der Waals surface area contributed by atoms with Crippen molar-refractivity contribution in [3.8, 4) is 5.75 Å². The van der Waals surface area contributed by atoms with Crippen LogP contribution in [0.2, 0.25) is 0 Å². The molecule has 0 saturated heterocycles. The van der Waals surface area contributed by atoms with Crippen molar-refractivity contribution < 1.29 is 9.53 Å². The summed E-state index contributed by atoms with van der Waals surface area (Å²) in [6.07, 6.45) is 0. The number of nitrogen functional groups attached to an aromatic ring is 1. The molecule has 0 aliphatic rings. The molecule has 2 aromatic carbocycles. The fraction of sp³-hybridized carbons (Fsp3) is 0.278. The fourth-order valence-corrected chi connectivity index (χ4v) is 2.08. The number of rotatable bonds is 5. The molecule has 0 fully saturated rings. The maximum absolute atomic E-state index is 12.5. The molecule has 0 unspecified atom stereocenters. The van der Waals surface area contributed by atoms with Gasteiger partial charge in [-0.2, -0.15) is 0 Å². The SMILES string of the molecule is Cc1cc(OCC(C)C)ccc1C(=O)c1cccc(N)c1. The van der Waals surface area contributed by atoms with Crippen molar-refractivity contribution in [2.75, 3.05) is 12.3 Å². The lowest BCUT2D eigenvalue weighted by Gasteiger charge is -2.11. The van der Waals surface area contributed by atoms with Gasteiger partial charge >= 0.3 is 0 Å². The van der Waals surface area contributed by atoms with Gasteiger partial charge in [-0.25, -0.2) is 0 Å². The molecule has 2 rings (SSSR count). The molecule has 0 atom stereocenters. The molecule has 0 aliphatic heterocycles. The third-order valence-corrected chi connectivity index (χ3v) is 3.17. The molecule has 0 aliphatic carbocycles. The van der Waals surface area contributed by atoms with E-state index in [-0.39, 0.29) is 5.78 Å². The monoisotopic (exact) mass is 283 g/mol. The van der Waals surface area contributed by atoms with Gasteiger partial charge in [-0.1, -0.05) is 26.0 Å². The minimum absolute atomic E-state index is 0.0183. The molecule has 110 valence electrons. The Morgan fingerprint density at radius 3 is 2.57 bits per heavy atom. The molecule has 0 bridgehead atoms. The zero-order valence-electron chi connectivity index (χ0n) is 12.7. The Kier molecular flexibility index (Phi) is 4.63. The van der Waals surface area contributed by atoms with Gasteiger partial charge in [0, 0.05) is 16.8 Å². The first-order chi connectivity index (χ1) is 9.97. The Morgan fingerprint density at radius 1 is 1.19 bits per heavy atom. The summed E-state index contributed by atoms with van der Waals surface area (Å²) in [5, 5.41) is 0. The summed E-state index contributed by atoms with van der Waals surface area (Å²) in [5.41, 5.74) is 8.52. The maximum atomic E-state index is 12.5. The molecule has 0 amide bonds. The molecule has 0 radical (unpaired) electrons. The normalized spacial score (nSPS) is 10.7. The molecule has 2 N–H and O–H groups in total. The lowest BCUT2D eigenvalue weighted by Crippen LogP contribution is -2.07. The van der Waals surface area contributed by atoms with E-state index in [1.54, 1.807) is 24.3 Å². The van der Waals surface area contributed by atoms with Crippen LogP contribution in [0.25, 0.3) is 0 Å². The van der Waals surface area contributed by atoms with E-state index >= 15 is 0 Å². The first-order valence-electron chi connectivity index (χ1n) is 7.11. The van der Waals surface area contributed by atoms with Crippen molar-refractivity contribution in [2.24, 2.45) is 5.92 Å². The lowest BCUT2D eigenvalue weighted by atomic mass is 9.98. The predicted molar refractivity (Wildman–Crippen MR) is 85.8 cm³/mol. The third-order valence-electron chi connectivity index (χ3n) is 3.17. The smallest absolute Gasteiger partial charge is 0.193 e. The van der Waals surface area contributed by atoms with Gasteiger partial charge in [0.15, 0.2) is 5.78 Å². The molecule has 0 saturated carbocycles. The van der Waals surface area contributed by atoms with Crippen molar-refractivity contribution in [3.05, 3.63) is 59.2 Å². The van der Waals surface area contributed by atoms with Crippen LogP contribution in [0.4, 0.5) is 5.69 Å². The molecule has 0 spiro atoms. The second-order valence-corrected chi connectivity index (χ2v) is 5.64. The van der Waals surface area contributed by atoms with Gasteiger partial charge in [-0.3, -0.25) is 4.79 Å². The summed E-state index contributed by atoms with van der Waals surface area (Å²) < 4.78 is 5.68. The molecule has 3 heteroatoms. The van der Waals surface area contributed by atoms with Crippen LogP contribution >= 0.6 is 0 Å². The van der Waals surface area contributed by atoms with Crippen LogP contribution in [0.5, 0.6) is 5.75 Å². The molecule has 0 heterocycles. The highest BCUT2D eigenvalue weighted by Crippen LogP contribution is 2.21. The number of carbonyl (C=O) groups excluding carboxylic acids is 1. The average molecular weight is 283 g/mol. The molecule has 2 aromatic rings. The van der Waals surface area contributed by atoms with Crippen LogP contribution in [0.15, 0.2) is 42.5 Å². The van der Waals surface area contributed by atoms with Gasteiger partial charge in [-0.15, -0.1) is 0 Å². The number of hydrogen-bond donors (Lipinski definition) is 1. The van der Waals surface area contributed by atoms with Crippen LogP contribution < -0.4 is 10.5 Å². The van der Waals surface area contributed by atoms with Crippen LogP contribution in [-0.4, -0.2) is 12.4 Å². The lowest BCUT2D eigenvalue weighted by molar-refractivity contribution is 0.103. The Labute approximate surface area is 125 Å². The van der Waals surface area contributed by atoms with Crippen molar-refractivity contribution in [1.82, 2.24) is 0 Å². The number of benzene rings is 2. The maximum Gasteiger partial charge on any atom is 0.193 e. The summed E-state index contributed by atoms with van der Waals surface area (Å²) >= 11 is 0. The number of hydrogen-bond acceptors (Lipinski definition) is 3. The van der Waals surface area contributed by atoms with E-state index in [1.807, 2.05) is 25.1 Å². The first-order valence-corrected chi connectivity index (χ1v) is 7.11. The van der Waals surface area contributed by atoms with Crippen molar-refractivity contribution >= 4 is 11.5 Å². The van der Waals surface area contributed by atoms with Gasteiger partial charge in [0.2, 0.25) is 0 Å². The number of anilines is 1. The van der Waals surface area contributed by atoms with Crippen molar-refractivity contribution in [1.29, 1.82) is 0 Å². The van der Waals surface area contributed by atoms with Crippen LogP contribution in [0.3, 0.4) is 0 Å². The van der Waals surface area contributed by atoms with Crippen LogP contribution in [-0.2, 0) is 0 Å². The van der Waals surface area contributed by atoms with Gasteiger partial charge in [0.05, 0.1) is 6.61 Å². The topological polar surface area (TPSA) is 52.3 Å². The summed E-state index contributed by atoms with van der Waals surface area (Å²) in [5.74, 6) is 1.25. The van der Waals surface area contributed by atoms with E-state index in [0.29, 0.717) is 29.3 Å². The number of aryl methyl sites for hydroxylation is 1. The zero-order chi connectivity index (χ0) is 15.4. The van der Waals surface area contributed by atoms with Crippen LogP contribution in [0, 0.1) is 12.8 Å². The predicted octanol–water partition coefficient (Wildman–Crippen LogP) is 3.84. The van der Waals surface area contributed by atoms with E-state index < -0.39 is 0 Å². The average Bonchev–Trinajstić information content (AvgIpc) is 2.44. The van der Waals surface area contributed by atoms with Crippen molar-refractivity contribution in [3.63, 3.8) is 0 Å². The van der Waals surface area contributed by atoms with Gasteiger partial charge in [0.1, 0.15) is 5.75 Å². The second-order valence-electron chi connectivity index (χ2n) is 5.64. The number of ketones is 1. The van der Waals surface area contributed by atoms with E-state index in [1.165, 1.54) is 0 Å². The van der Waals surface area contributed by atoms with Gasteiger partial charge in [0.25, 0.3) is 0 Å². The van der Waals surface area contributed by atoms with E-state index in [0.717, 1.165) is 11.3 Å². The summed E-state index contributed by atoms with van der Waals surface area (Å²) in [6, 6.07) is 12.6. The molecular weight excluding hydrogens is 262 g/mol. The minimum Gasteiger partial charge on any atom is -0.493 e. The summed E-state index contributed by atoms with van der Waals surface area (Å²) in [4.78, 5) is 12.5. The Bertz CT molecular complexity index is 647. The number of carbonyl (C=O) groups is 1. The quantitative estimate of drug-likeness (QED) is 0.670. The Hall–Kier alpha value is -2.29. The highest BCUT2D eigenvalue weighted by atomic mass is 16.5. The molecular formula is C18H21NO2. The highest BCUT2D eigenvalue weighted by molar-refractivity contribution is 6.10. The van der Waals surface area contributed by atoms with Gasteiger partial charge in [-0.05, 0) is 48.7 Å². The zero-order valence-corrected chi connectivity index (χ0v) is 12.7. The number of ether oxygens (including phenoxy) is 1. The highest BCUT2D eigenvalue weighted by Gasteiger charge is 2.12. The second kappa shape index (κ2) is 6.44. The van der Waals surface area contributed by atoms with Gasteiger partial charge < -0.3 is 10.5 Å². The molecule has 21 heavy (non-hydrogen) atoms. The molecule has 0 aromatic heterocycles. The largest absolute Gasteiger partial charge is 0.493 e. The third kappa shape index (κ3) is 3.85. The van der Waals surface area contributed by atoms with E-state index in [2.05, 4.69) is 13.8 Å². The molecule has 3 nitrogen and oxygen atoms in total. The van der Waals surface area contributed by atoms with Crippen molar-refractivity contribution in [2.45, 2.75) is 20.8 Å². The Balaban J connectivity index is 2.22. The van der Waals surface area contributed by atoms with E-state index in [9.17, 15) is 4.79 Å². The van der Waals surface area contributed by atoms with Crippen LogP contribution in [0.1, 0.15) is 35.3 Å². The summed E-state index contributed by atoms with van der Waals surface area (Å²) in [6.45, 7) is 6.79. The minimum atomic E-state index is -0.0183. The number of nitrogens with two attached hydrogens (primary N) is 1. The summed E-state index contributed by atoms with van der Waals surface area (Å²) in [7, 11) is 0.